The first-order valence-corrected chi connectivity index (χ1v) is 6.24. The highest BCUT2D eigenvalue weighted by molar-refractivity contribution is 5.62. The Kier molecular flexibility index (Phi) is 3.82. The molecule has 1 heterocycles. The summed E-state index contributed by atoms with van der Waals surface area (Å²) in [6, 6.07) is 12.3. The summed E-state index contributed by atoms with van der Waals surface area (Å²) >= 11 is 0. The van der Waals surface area contributed by atoms with E-state index in [1.54, 1.807) is 0 Å². The van der Waals surface area contributed by atoms with Crippen molar-refractivity contribution in [1.82, 2.24) is 4.98 Å². The lowest BCUT2D eigenvalue weighted by Crippen LogP contribution is -2.01. The van der Waals surface area contributed by atoms with E-state index in [0.717, 1.165) is 23.9 Å². The first-order valence-electron chi connectivity index (χ1n) is 6.24. The molecular weight excluding hydrogens is 222 g/mol. The van der Waals surface area contributed by atoms with Crippen LogP contribution in [-0.2, 0) is 0 Å². The van der Waals surface area contributed by atoms with Crippen LogP contribution in [0, 0.1) is 13.8 Å². The second-order valence-corrected chi connectivity index (χ2v) is 4.38. The van der Waals surface area contributed by atoms with Gasteiger partial charge in [0.25, 0.3) is 0 Å². The van der Waals surface area contributed by atoms with Crippen LogP contribution in [0.15, 0.2) is 36.4 Å². The van der Waals surface area contributed by atoms with Gasteiger partial charge >= 0.3 is 0 Å². The molecule has 1 aromatic heterocycles. The molecule has 0 saturated heterocycles. The summed E-state index contributed by atoms with van der Waals surface area (Å²) in [5.74, 6) is 1.76. The van der Waals surface area contributed by atoms with Gasteiger partial charge in [-0.05, 0) is 50.1 Å². The van der Waals surface area contributed by atoms with Crippen molar-refractivity contribution >= 4 is 17.3 Å². The molecule has 0 aliphatic heterocycles. The SMILES string of the molecule is CCNc1cccc(Nc2cc(C)ccc2C)n1. The number of nitrogens with one attached hydrogen (secondary N) is 2. The molecule has 2 N–H and O–H groups in total. The zero-order chi connectivity index (χ0) is 13.0. The predicted molar refractivity (Wildman–Crippen MR) is 77.6 cm³/mol. The van der Waals surface area contributed by atoms with Crippen LogP contribution >= 0.6 is 0 Å². The summed E-state index contributed by atoms with van der Waals surface area (Å²) in [6.07, 6.45) is 0. The fourth-order valence-corrected chi connectivity index (χ4v) is 1.79. The Morgan fingerprint density at radius 3 is 2.61 bits per heavy atom. The second-order valence-electron chi connectivity index (χ2n) is 4.38. The molecule has 0 atom stereocenters. The van der Waals surface area contributed by atoms with Gasteiger partial charge in [-0.25, -0.2) is 4.98 Å². The van der Waals surface area contributed by atoms with Gasteiger partial charge in [-0.3, -0.25) is 0 Å². The van der Waals surface area contributed by atoms with E-state index in [1.807, 2.05) is 18.2 Å². The van der Waals surface area contributed by atoms with Gasteiger partial charge in [-0.15, -0.1) is 0 Å². The molecule has 18 heavy (non-hydrogen) atoms. The number of nitrogens with zero attached hydrogens (tertiary/aromatic N) is 1. The van der Waals surface area contributed by atoms with E-state index in [-0.39, 0.29) is 0 Å². The summed E-state index contributed by atoms with van der Waals surface area (Å²) in [5, 5.41) is 6.57. The molecular formula is C15H19N3. The quantitative estimate of drug-likeness (QED) is 0.853. The zero-order valence-corrected chi connectivity index (χ0v) is 11.1. The Hall–Kier alpha value is -2.03. The van der Waals surface area contributed by atoms with E-state index in [1.165, 1.54) is 11.1 Å². The van der Waals surface area contributed by atoms with E-state index < -0.39 is 0 Å². The van der Waals surface area contributed by atoms with Crippen LogP contribution in [-0.4, -0.2) is 11.5 Å². The molecule has 94 valence electrons. The van der Waals surface area contributed by atoms with Crippen LogP contribution < -0.4 is 10.6 Å². The monoisotopic (exact) mass is 241 g/mol. The van der Waals surface area contributed by atoms with Crippen LogP contribution in [0.3, 0.4) is 0 Å². The first kappa shape index (κ1) is 12.4. The molecule has 3 heteroatoms. The van der Waals surface area contributed by atoms with E-state index in [4.69, 9.17) is 0 Å². The first-order chi connectivity index (χ1) is 8.69. The molecule has 0 radical (unpaired) electrons. The number of aryl methyl sites for hydroxylation is 2. The van der Waals surface area contributed by atoms with Gasteiger partial charge < -0.3 is 10.6 Å². The largest absolute Gasteiger partial charge is 0.370 e. The van der Waals surface area contributed by atoms with Crippen molar-refractivity contribution < 1.29 is 0 Å². The maximum absolute atomic E-state index is 4.51. The van der Waals surface area contributed by atoms with Gasteiger partial charge in [0.2, 0.25) is 0 Å². The third kappa shape index (κ3) is 3.00. The number of rotatable bonds is 4. The van der Waals surface area contributed by atoms with E-state index in [9.17, 15) is 0 Å². The number of hydrogen-bond acceptors (Lipinski definition) is 3. The number of aromatic nitrogens is 1. The lowest BCUT2D eigenvalue weighted by atomic mass is 10.1. The Morgan fingerprint density at radius 1 is 1.06 bits per heavy atom. The Bertz CT molecular complexity index is 535. The Balaban J connectivity index is 2.22. The maximum Gasteiger partial charge on any atom is 0.132 e. The summed E-state index contributed by atoms with van der Waals surface area (Å²) < 4.78 is 0. The lowest BCUT2D eigenvalue weighted by Gasteiger charge is -2.11. The van der Waals surface area contributed by atoms with Gasteiger partial charge in [0.15, 0.2) is 0 Å². The van der Waals surface area contributed by atoms with Crippen molar-refractivity contribution in [3.8, 4) is 0 Å². The van der Waals surface area contributed by atoms with Crippen LogP contribution in [0.4, 0.5) is 17.3 Å². The molecule has 0 aliphatic rings. The molecule has 1 aromatic carbocycles. The van der Waals surface area contributed by atoms with Crippen LogP contribution in [0.25, 0.3) is 0 Å². The Labute approximate surface area is 108 Å². The van der Waals surface area contributed by atoms with E-state index in [2.05, 4.69) is 54.6 Å². The molecule has 0 saturated carbocycles. The summed E-state index contributed by atoms with van der Waals surface area (Å²) in [6.45, 7) is 7.12. The minimum atomic E-state index is 0.863. The molecule has 0 spiro atoms. The predicted octanol–water partition coefficient (Wildman–Crippen LogP) is 3.87. The molecule has 0 aliphatic carbocycles. The number of benzene rings is 1. The fraction of sp³-hybridized carbons (Fsp3) is 0.267. The lowest BCUT2D eigenvalue weighted by molar-refractivity contribution is 1.16. The fourth-order valence-electron chi connectivity index (χ4n) is 1.79. The van der Waals surface area contributed by atoms with Crippen LogP contribution in [0.2, 0.25) is 0 Å². The molecule has 2 rings (SSSR count). The molecule has 3 nitrogen and oxygen atoms in total. The summed E-state index contributed by atoms with van der Waals surface area (Å²) in [4.78, 5) is 4.51. The summed E-state index contributed by atoms with van der Waals surface area (Å²) in [5.41, 5.74) is 3.57. The average molecular weight is 241 g/mol. The second kappa shape index (κ2) is 5.54. The molecule has 0 fully saturated rings. The van der Waals surface area contributed by atoms with Crippen molar-refractivity contribution in [1.29, 1.82) is 0 Å². The van der Waals surface area contributed by atoms with Crippen molar-refractivity contribution in [3.63, 3.8) is 0 Å². The van der Waals surface area contributed by atoms with Gasteiger partial charge in [0.1, 0.15) is 11.6 Å². The minimum absolute atomic E-state index is 0.863. The van der Waals surface area contributed by atoms with E-state index in [0.29, 0.717) is 0 Å². The van der Waals surface area contributed by atoms with Crippen LogP contribution in [0.1, 0.15) is 18.1 Å². The third-order valence-corrected chi connectivity index (χ3v) is 2.76. The molecule has 0 bridgehead atoms. The molecule has 0 amide bonds. The summed E-state index contributed by atoms with van der Waals surface area (Å²) in [7, 11) is 0. The highest BCUT2D eigenvalue weighted by atomic mass is 15.1. The van der Waals surface area contributed by atoms with Crippen molar-refractivity contribution in [2.24, 2.45) is 0 Å². The smallest absolute Gasteiger partial charge is 0.132 e. The van der Waals surface area contributed by atoms with Gasteiger partial charge in [-0.1, -0.05) is 18.2 Å². The standard InChI is InChI=1S/C15H19N3/c1-4-16-14-6-5-7-15(18-14)17-13-10-11(2)8-9-12(13)3/h5-10H,4H2,1-3H3,(H2,16,17,18). The average Bonchev–Trinajstić information content (AvgIpc) is 2.35. The number of pyridine rings is 1. The molecule has 2 aromatic rings. The maximum atomic E-state index is 4.51. The van der Waals surface area contributed by atoms with E-state index >= 15 is 0 Å². The van der Waals surface area contributed by atoms with Gasteiger partial charge in [0.05, 0.1) is 0 Å². The van der Waals surface area contributed by atoms with Crippen LogP contribution in [0.5, 0.6) is 0 Å². The normalized spacial score (nSPS) is 10.2. The third-order valence-electron chi connectivity index (χ3n) is 2.76. The van der Waals surface area contributed by atoms with Crippen molar-refractivity contribution in [3.05, 3.63) is 47.5 Å². The minimum Gasteiger partial charge on any atom is -0.370 e. The highest BCUT2D eigenvalue weighted by Crippen LogP contribution is 2.21. The topological polar surface area (TPSA) is 37.0 Å². The van der Waals surface area contributed by atoms with Crippen molar-refractivity contribution in [2.45, 2.75) is 20.8 Å². The zero-order valence-electron chi connectivity index (χ0n) is 11.1. The number of anilines is 3. The molecule has 0 unspecified atom stereocenters. The number of hydrogen-bond donors (Lipinski definition) is 2. The van der Waals surface area contributed by atoms with Crippen molar-refractivity contribution in [2.75, 3.05) is 17.2 Å². The highest BCUT2D eigenvalue weighted by Gasteiger charge is 2.01. The van der Waals surface area contributed by atoms with Gasteiger partial charge in [-0.2, -0.15) is 0 Å². The Morgan fingerprint density at radius 2 is 1.83 bits per heavy atom. The van der Waals surface area contributed by atoms with Gasteiger partial charge in [0, 0.05) is 12.2 Å².